The molecule has 0 fully saturated rings. The first-order chi connectivity index (χ1) is 11.6. The third kappa shape index (κ3) is 3.60. The lowest BCUT2D eigenvalue weighted by molar-refractivity contribution is 0.0999. The Morgan fingerprint density at radius 2 is 2.00 bits per heavy atom. The number of amides is 1. The fraction of sp³-hybridized carbons (Fsp3) is 0.176. The molecular formula is C17H15ClN4O2. The largest absolute Gasteiger partial charge is 0.366 e. The van der Waals surface area contributed by atoms with Crippen LogP contribution in [-0.2, 0) is 12.8 Å². The van der Waals surface area contributed by atoms with Crippen LogP contribution in [0.5, 0.6) is 0 Å². The molecule has 3 rings (SSSR count). The molecule has 0 radical (unpaired) electrons. The van der Waals surface area contributed by atoms with Crippen LogP contribution in [0.3, 0.4) is 0 Å². The first-order valence-electron chi connectivity index (χ1n) is 7.46. The lowest BCUT2D eigenvalue weighted by Crippen LogP contribution is -2.13. The number of hydrogen-bond acceptors (Lipinski definition) is 5. The van der Waals surface area contributed by atoms with Gasteiger partial charge < -0.3 is 10.3 Å². The average Bonchev–Trinajstić information content (AvgIpc) is 3.04. The molecule has 3 aromatic rings. The minimum atomic E-state index is -0.420. The van der Waals surface area contributed by atoms with Crippen LogP contribution in [0.15, 0.2) is 47.1 Å². The number of primary amides is 1. The summed E-state index contributed by atoms with van der Waals surface area (Å²) in [5.41, 5.74) is 7.48. The number of carbonyl (C=O) groups is 1. The van der Waals surface area contributed by atoms with Crippen LogP contribution < -0.4 is 5.73 Å². The lowest BCUT2D eigenvalue weighted by atomic mass is 10.0. The van der Waals surface area contributed by atoms with E-state index >= 15 is 0 Å². The molecule has 0 bridgehead atoms. The van der Waals surface area contributed by atoms with Gasteiger partial charge in [-0.15, -0.1) is 0 Å². The molecule has 0 saturated carbocycles. The number of halogens is 1. The Hall–Kier alpha value is -2.73. The van der Waals surface area contributed by atoms with E-state index in [0.29, 0.717) is 40.8 Å². The third-order valence-corrected chi connectivity index (χ3v) is 3.89. The molecule has 0 saturated heterocycles. The van der Waals surface area contributed by atoms with Gasteiger partial charge in [-0.3, -0.25) is 4.79 Å². The highest BCUT2D eigenvalue weighted by atomic mass is 35.5. The molecule has 7 heteroatoms. The van der Waals surface area contributed by atoms with Gasteiger partial charge in [0.1, 0.15) is 5.15 Å². The zero-order valence-electron chi connectivity index (χ0n) is 12.8. The summed E-state index contributed by atoms with van der Waals surface area (Å²) in [7, 11) is 0. The maximum atomic E-state index is 11.4. The number of aryl methyl sites for hydroxylation is 2. The maximum absolute atomic E-state index is 11.4. The highest BCUT2D eigenvalue weighted by Gasteiger charge is 2.13. The van der Waals surface area contributed by atoms with Gasteiger partial charge in [-0.1, -0.05) is 35.0 Å². The molecule has 0 aliphatic carbocycles. The molecule has 2 N–H and O–H groups in total. The van der Waals surface area contributed by atoms with Gasteiger partial charge in [0.2, 0.25) is 17.6 Å². The van der Waals surface area contributed by atoms with Crippen molar-refractivity contribution in [2.45, 2.75) is 19.3 Å². The van der Waals surface area contributed by atoms with Crippen molar-refractivity contribution in [2.24, 2.45) is 5.73 Å². The fourth-order valence-corrected chi connectivity index (χ4v) is 2.63. The molecule has 24 heavy (non-hydrogen) atoms. The number of rotatable bonds is 6. The molecule has 0 aliphatic rings. The van der Waals surface area contributed by atoms with Gasteiger partial charge >= 0.3 is 0 Å². The Morgan fingerprint density at radius 3 is 2.79 bits per heavy atom. The van der Waals surface area contributed by atoms with E-state index in [1.807, 2.05) is 12.1 Å². The molecule has 2 aromatic heterocycles. The number of aromatic nitrogens is 3. The molecule has 0 aliphatic heterocycles. The van der Waals surface area contributed by atoms with Crippen molar-refractivity contribution >= 4 is 17.5 Å². The zero-order valence-corrected chi connectivity index (χ0v) is 13.5. The lowest BCUT2D eigenvalue weighted by Gasteiger charge is -2.05. The molecular weight excluding hydrogens is 328 g/mol. The summed E-state index contributed by atoms with van der Waals surface area (Å²) in [6.07, 6.45) is 3.65. The minimum Gasteiger partial charge on any atom is -0.366 e. The van der Waals surface area contributed by atoms with Crippen LogP contribution in [0.1, 0.15) is 28.2 Å². The Bertz CT molecular complexity index is 863. The first kappa shape index (κ1) is 16.1. The summed E-state index contributed by atoms with van der Waals surface area (Å²) in [4.78, 5) is 19.7. The molecule has 1 aromatic carbocycles. The fourth-order valence-electron chi connectivity index (χ4n) is 2.43. The second-order valence-electron chi connectivity index (χ2n) is 5.23. The highest BCUT2D eigenvalue weighted by molar-refractivity contribution is 6.31. The van der Waals surface area contributed by atoms with Crippen molar-refractivity contribution < 1.29 is 9.32 Å². The number of carbonyl (C=O) groups excluding carboxylic acids is 1. The van der Waals surface area contributed by atoms with Gasteiger partial charge in [-0.25, -0.2) is 4.98 Å². The normalized spacial score (nSPS) is 10.7. The molecule has 0 spiro atoms. The maximum Gasteiger partial charge on any atom is 0.248 e. The Labute approximate surface area is 143 Å². The molecule has 0 atom stereocenters. The van der Waals surface area contributed by atoms with Crippen LogP contribution in [-0.4, -0.2) is 21.0 Å². The second kappa shape index (κ2) is 7.23. The summed E-state index contributed by atoms with van der Waals surface area (Å²) in [5, 5.41) is 4.27. The molecule has 6 nitrogen and oxygen atoms in total. The van der Waals surface area contributed by atoms with Crippen LogP contribution in [0.25, 0.3) is 11.4 Å². The highest BCUT2D eigenvalue weighted by Crippen LogP contribution is 2.23. The Morgan fingerprint density at radius 1 is 1.17 bits per heavy atom. The summed E-state index contributed by atoms with van der Waals surface area (Å²) < 4.78 is 5.25. The standard InChI is InChI=1S/C17H15ClN4O2/c18-15-13(8-4-10-20-15)17-21-14(24-22-17)9-3-6-11-5-1-2-7-12(11)16(19)23/h1-2,4-5,7-8,10H,3,6,9H2,(H2,19,23). The van der Waals surface area contributed by atoms with Crippen molar-refractivity contribution in [1.82, 2.24) is 15.1 Å². The van der Waals surface area contributed by atoms with Gasteiger partial charge in [-0.2, -0.15) is 4.98 Å². The zero-order chi connectivity index (χ0) is 16.9. The number of nitrogens with zero attached hydrogens (tertiary/aromatic N) is 3. The number of hydrogen-bond donors (Lipinski definition) is 1. The van der Waals surface area contributed by atoms with Crippen molar-refractivity contribution in [3.8, 4) is 11.4 Å². The third-order valence-electron chi connectivity index (χ3n) is 3.59. The Kier molecular flexibility index (Phi) is 4.86. The summed E-state index contributed by atoms with van der Waals surface area (Å²) in [5.74, 6) is 0.513. The van der Waals surface area contributed by atoms with Gasteiger partial charge in [0.05, 0.1) is 5.56 Å². The first-order valence-corrected chi connectivity index (χ1v) is 7.84. The van der Waals surface area contributed by atoms with E-state index < -0.39 is 5.91 Å². The van der Waals surface area contributed by atoms with Gasteiger partial charge in [0.25, 0.3) is 0 Å². The van der Waals surface area contributed by atoms with E-state index in [1.54, 1.807) is 30.5 Å². The summed E-state index contributed by atoms with van der Waals surface area (Å²) >= 11 is 6.02. The van der Waals surface area contributed by atoms with Crippen LogP contribution >= 0.6 is 11.6 Å². The molecule has 122 valence electrons. The van der Waals surface area contributed by atoms with Gasteiger partial charge in [-0.05, 0) is 36.6 Å². The van der Waals surface area contributed by atoms with E-state index in [1.165, 1.54) is 0 Å². The molecule has 1 amide bonds. The van der Waals surface area contributed by atoms with Crippen LogP contribution in [0.2, 0.25) is 5.15 Å². The smallest absolute Gasteiger partial charge is 0.248 e. The predicted octanol–water partition coefficient (Wildman–Crippen LogP) is 3.06. The van der Waals surface area contributed by atoms with Crippen molar-refractivity contribution in [1.29, 1.82) is 0 Å². The molecule has 0 unspecified atom stereocenters. The monoisotopic (exact) mass is 342 g/mol. The average molecular weight is 343 g/mol. The SMILES string of the molecule is NC(=O)c1ccccc1CCCc1nc(-c2cccnc2Cl)no1. The van der Waals surface area contributed by atoms with Crippen LogP contribution in [0, 0.1) is 0 Å². The Balaban J connectivity index is 1.65. The van der Waals surface area contributed by atoms with Gasteiger partial charge in [0.15, 0.2) is 0 Å². The topological polar surface area (TPSA) is 94.9 Å². The predicted molar refractivity (Wildman–Crippen MR) is 89.5 cm³/mol. The van der Waals surface area contributed by atoms with E-state index in [9.17, 15) is 4.79 Å². The van der Waals surface area contributed by atoms with Crippen molar-refractivity contribution in [3.63, 3.8) is 0 Å². The summed E-state index contributed by atoms with van der Waals surface area (Å²) in [6, 6.07) is 10.9. The number of nitrogens with two attached hydrogens (primary N) is 1. The van der Waals surface area contributed by atoms with E-state index in [-0.39, 0.29) is 0 Å². The second-order valence-corrected chi connectivity index (χ2v) is 5.59. The molecule has 2 heterocycles. The van der Waals surface area contributed by atoms with Crippen molar-refractivity contribution in [2.75, 3.05) is 0 Å². The number of benzene rings is 1. The summed E-state index contributed by atoms with van der Waals surface area (Å²) in [6.45, 7) is 0. The minimum absolute atomic E-state index is 0.334. The van der Waals surface area contributed by atoms with Crippen LogP contribution in [0.4, 0.5) is 0 Å². The van der Waals surface area contributed by atoms with E-state index in [2.05, 4.69) is 15.1 Å². The van der Waals surface area contributed by atoms with E-state index in [0.717, 1.165) is 12.0 Å². The number of pyridine rings is 1. The quantitative estimate of drug-likeness (QED) is 0.694. The van der Waals surface area contributed by atoms with Crippen molar-refractivity contribution in [3.05, 3.63) is 64.8 Å². The van der Waals surface area contributed by atoms with Gasteiger partial charge in [0, 0.05) is 18.2 Å². The van der Waals surface area contributed by atoms with E-state index in [4.69, 9.17) is 21.9 Å².